The minimum Gasteiger partial charge on any atom is -0.481 e. The van der Waals surface area contributed by atoms with Crippen LogP contribution >= 0.6 is 0 Å². The lowest BCUT2D eigenvalue weighted by Crippen LogP contribution is -1.95. The van der Waals surface area contributed by atoms with Crippen molar-refractivity contribution in [1.82, 2.24) is 4.57 Å². The summed E-state index contributed by atoms with van der Waals surface area (Å²) < 4.78 is 2.05. The number of carboxylic acid groups (broad SMARTS) is 1. The Kier molecular flexibility index (Phi) is 3.60. The number of para-hydroxylation sites is 1. The van der Waals surface area contributed by atoms with E-state index in [9.17, 15) is 4.79 Å². The van der Waals surface area contributed by atoms with Crippen LogP contribution in [0.25, 0.3) is 5.69 Å². The molecular weight excluding hydrogens is 214 g/mol. The number of aryl methyl sites for hydroxylation is 1. The van der Waals surface area contributed by atoms with Gasteiger partial charge < -0.3 is 9.67 Å². The van der Waals surface area contributed by atoms with Crippen LogP contribution in [0.4, 0.5) is 0 Å². The lowest BCUT2D eigenvalue weighted by Gasteiger charge is -2.01. The van der Waals surface area contributed by atoms with Gasteiger partial charge in [-0.3, -0.25) is 4.79 Å². The van der Waals surface area contributed by atoms with Gasteiger partial charge in [0.05, 0.1) is 0 Å². The molecule has 0 amide bonds. The number of carboxylic acids is 1. The van der Waals surface area contributed by atoms with Crippen LogP contribution in [0.3, 0.4) is 0 Å². The highest BCUT2D eigenvalue weighted by atomic mass is 16.4. The number of aliphatic carboxylic acids is 1. The van der Waals surface area contributed by atoms with E-state index in [1.165, 1.54) is 5.56 Å². The van der Waals surface area contributed by atoms with E-state index >= 15 is 0 Å². The highest BCUT2D eigenvalue weighted by molar-refractivity contribution is 5.66. The second-order valence-corrected chi connectivity index (χ2v) is 4.01. The monoisotopic (exact) mass is 229 g/mol. The normalized spacial score (nSPS) is 10.4. The van der Waals surface area contributed by atoms with Crippen molar-refractivity contribution in [1.29, 1.82) is 0 Å². The van der Waals surface area contributed by atoms with Crippen LogP contribution in [0, 0.1) is 0 Å². The predicted molar refractivity (Wildman–Crippen MR) is 66.3 cm³/mol. The molecule has 0 atom stereocenters. The van der Waals surface area contributed by atoms with Gasteiger partial charge in [-0.05, 0) is 36.6 Å². The standard InChI is InChI=1S/C14H15NO2/c16-14(17)8-4-5-12-9-10-15(11-12)13-6-2-1-3-7-13/h1-3,6-7,9-11H,4-5,8H2,(H,16,17). The van der Waals surface area contributed by atoms with Crippen LogP contribution in [0.15, 0.2) is 48.8 Å². The van der Waals surface area contributed by atoms with Crippen molar-refractivity contribution < 1.29 is 9.90 Å². The topological polar surface area (TPSA) is 42.2 Å². The van der Waals surface area contributed by atoms with Gasteiger partial charge in [-0.15, -0.1) is 0 Å². The van der Waals surface area contributed by atoms with Gasteiger partial charge in [0.2, 0.25) is 0 Å². The Labute approximate surface area is 100 Å². The number of hydrogen-bond donors (Lipinski definition) is 1. The first-order chi connectivity index (χ1) is 8.25. The van der Waals surface area contributed by atoms with Gasteiger partial charge in [0, 0.05) is 24.5 Å². The average molecular weight is 229 g/mol. The fourth-order valence-corrected chi connectivity index (χ4v) is 1.79. The van der Waals surface area contributed by atoms with E-state index in [2.05, 4.69) is 10.8 Å². The number of rotatable bonds is 5. The second-order valence-electron chi connectivity index (χ2n) is 4.01. The van der Waals surface area contributed by atoms with Gasteiger partial charge in [-0.2, -0.15) is 0 Å². The van der Waals surface area contributed by atoms with Crippen LogP contribution in [-0.2, 0) is 11.2 Å². The molecule has 2 rings (SSSR count). The molecule has 0 aliphatic carbocycles. The molecule has 1 heterocycles. The first-order valence-electron chi connectivity index (χ1n) is 5.70. The molecular formula is C14H15NO2. The Balaban J connectivity index is 1.99. The third kappa shape index (κ3) is 3.21. The predicted octanol–water partition coefficient (Wildman–Crippen LogP) is 2.88. The quantitative estimate of drug-likeness (QED) is 0.856. The van der Waals surface area contributed by atoms with Crippen molar-refractivity contribution in [3.8, 4) is 5.69 Å². The molecule has 17 heavy (non-hydrogen) atoms. The van der Waals surface area contributed by atoms with Gasteiger partial charge in [0.15, 0.2) is 0 Å². The highest BCUT2D eigenvalue weighted by Gasteiger charge is 2.01. The minimum atomic E-state index is -0.729. The van der Waals surface area contributed by atoms with Crippen LogP contribution in [-0.4, -0.2) is 15.6 Å². The summed E-state index contributed by atoms with van der Waals surface area (Å²) in [6.45, 7) is 0. The number of carbonyl (C=O) groups is 1. The SMILES string of the molecule is O=C(O)CCCc1ccn(-c2ccccc2)c1. The van der Waals surface area contributed by atoms with Crippen molar-refractivity contribution in [2.75, 3.05) is 0 Å². The zero-order valence-electron chi connectivity index (χ0n) is 9.54. The summed E-state index contributed by atoms with van der Waals surface area (Å²) in [6, 6.07) is 12.1. The number of hydrogen-bond acceptors (Lipinski definition) is 1. The van der Waals surface area contributed by atoms with Crippen LogP contribution < -0.4 is 0 Å². The summed E-state index contributed by atoms with van der Waals surface area (Å²) in [5.41, 5.74) is 2.30. The van der Waals surface area contributed by atoms with Gasteiger partial charge in [-0.1, -0.05) is 18.2 Å². The average Bonchev–Trinajstić information content (AvgIpc) is 2.78. The molecule has 0 aliphatic rings. The van der Waals surface area contributed by atoms with Crippen molar-refractivity contribution in [2.24, 2.45) is 0 Å². The zero-order chi connectivity index (χ0) is 12.1. The van der Waals surface area contributed by atoms with Gasteiger partial charge in [0.1, 0.15) is 0 Å². The molecule has 1 aromatic carbocycles. The van der Waals surface area contributed by atoms with Crippen LogP contribution in [0.5, 0.6) is 0 Å². The van der Waals surface area contributed by atoms with Gasteiger partial charge in [0.25, 0.3) is 0 Å². The molecule has 3 heteroatoms. The van der Waals surface area contributed by atoms with E-state index in [0.29, 0.717) is 6.42 Å². The molecule has 88 valence electrons. The fourth-order valence-electron chi connectivity index (χ4n) is 1.79. The molecule has 0 unspecified atom stereocenters. The zero-order valence-corrected chi connectivity index (χ0v) is 9.54. The van der Waals surface area contributed by atoms with E-state index in [1.54, 1.807) is 0 Å². The van der Waals surface area contributed by atoms with Crippen LogP contribution in [0.2, 0.25) is 0 Å². The Morgan fingerprint density at radius 1 is 1.18 bits per heavy atom. The third-order valence-electron chi connectivity index (χ3n) is 2.66. The van der Waals surface area contributed by atoms with E-state index in [0.717, 1.165) is 12.1 Å². The van der Waals surface area contributed by atoms with E-state index in [-0.39, 0.29) is 6.42 Å². The maximum atomic E-state index is 10.4. The Morgan fingerprint density at radius 2 is 1.94 bits per heavy atom. The number of aromatic nitrogens is 1. The molecule has 1 N–H and O–H groups in total. The minimum absolute atomic E-state index is 0.233. The molecule has 2 aromatic rings. The van der Waals surface area contributed by atoms with E-state index < -0.39 is 5.97 Å². The molecule has 0 fully saturated rings. The molecule has 0 bridgehead atoms. The van der Waals surface area contributed by atoms with Crippen LogP contribution in [0.1, 0.15) is 18.4 Å². The fraction of sp³-hybridized carbons (Fsp3) is 0.214. The Hall–Kier alpha value is -2.03. The molecule has 0 saturated carbocycles. The third-order valence-corrected chi connectivity index (χ3v) is 2.66. The summed E-state index contributed by atoms with van der Waals surface area (Å²) in [6.07, 6.45) is 5.79. The van der Waals surface area contributed by atoms with Gasteiger partial charge >= 0.3 is 5.97 Å². The van der Waals surface area contributed by atoms with Crippen molar-refractivity contribution >= 4 is 5.97 Å². The number of benzene rings is 1. The van der Waals surface area contributed by atoms with Crippen molar-refractivity contribution in [3.63, 3.8) is 0 Å². The van der Waals surface area contributed by atoms with E-state index in [4.69, 9.17) is 5.11 Å². The summed E-state index contributed by atoms with van der Waals surface area (Å²) in [5, 5.41) is 8.57. The molecule has 1 aromatic heterocycles. The van der Waals surface area contributed by atoms with Crippen molar-refractivity contribution in [2.45, 2.75) is 19.3 Å². The second kappa shape index (κ2) is 5.34. The van der Waals surface area contributed by atoms with Crippen molar-refractivity contribution in [3.05, 3.63) is 54.4 Å². The summed E-state index contributed by atoms with van der Waals surface area (Å²) in [5.74, 6) is -0.729. The molecule has 0 radical (unpaired) electrons. The highest BCUT2D eigenvalue weighted by Crippen LogP contribution is 2.12. The molecule has 0 saturated heterocycles. The lowest BCUT2D eigenvalue weighted by molar-refractivity contribution is -0.137. The summed E-state index contributed by atoms with van der Waals surface area (Å²) in [4.78, 5) is 10.4. The summed E-state index contributed by atoms with van der Waals surface area (Å²) >= 11 is 0. The lowest BCUT2D eigenvalue weighted by atomic mass is 10.1. The van der Waals surface area contributed by atoms with Gasteiger partial charge in [-0.25, -0.2) is 0 Å². The first kappa shape index (κ1) is 11.5. The summed E-state index contributed by atoms with van der Waals surface area (Å²) in [7, 11) is 0. The maximum Gasteiger partial charge on any atom is 0.303 e. The van der Waals surface area contributed by atoms with E-state index in [1.807, 2.05) is 42.6 Å². The maximum absolute atomic E-state index is 10.4. The smallest absolute Gasteiger partial charge is 0.303 e. The number of nitrogens with zero attached hydrogens (tertiary/aromatic N) is 1. The Morgan fingerprint density at radius 3 is 2.65 bits per heavy atom. The first-order valence-corrected chi connectivity index (χ1v) is 5.70. The Bertz CT molecular complexity index is 488. The molecule has 3 nitrogen and oxygen atoms in total. The largest absolute Gasteiger partial charge is 0.481 e. The molecule has 0 spiro atoms. The molecule has 0 aliphatic heterocycles.